The van der Waals surface area contributed by atoms with Gasteiger partial charge in [-0.1, -0.05) is 4.49 Å². The highest BCUT2D eigenvalue weighted by Gasteiger charge is 2.30. The summed E-state index contributed by atoms with van der Waals surface area (Å²) in [5, 5.41) is 14.4. The maximum absolute atomic E-state index is 11.2. The Morgan fingerprint density at radius 3 is 2.92 bits per heavy atom. The highest BCUT2D eigenvalue weighted by molar-refractivity contribution is 7.03. The van der Waals surface area contributed by atoms with Gasteiger partial charge >= 0.3 is 0 Å². The molecular weight excluding hydrogens is 186 g/mol. The van der Waals surface area contributed by atoms with E-state index in [2.05, 4.69) is 9.59 Å². The molecule has 13 heavy (non-hydrogen) atoms. The summed E-state index contributed by atoms with van der Waals surface area (Å²) >= 11 is 1.22. The molecule has 0 aliphatic rings. The summed E-state index contributed by atoms with van der Waals surface area (Å²) < 4.78 is 3.67. The lowest BCUT2D eigenvalue weighted by atomic mass is 9.84. The van der Waals surface area contributed by atoms with Crippen molar-refractivity contribution in [3.8, 4) is 6.07 Å². The number of ketones is 1. The molecule has 1 heterocycles. The maximum Gasteiger partial charge on any atom is 0.150 e. The molecule has 0 amide bonds. The number of Topliss-reactive ketones (excluding diaryl/α,β-unsaturated/α-hetero) is 1. The van der Waals surface area contributed by atoms with Gasteiger partial charge < -0.3 is 0 Å². The molecule has 4 nitrogen and oxygen atoms in total. The summed E-state index contributed by atoms with van der Waals surface area (Å²) in [6.45, 7) is 3.04. The average Bonchev–Trinajstić information content (AvgIpc) is 2.56. The van der Waals surface area contributed by atoms with Gasteiger partial charge in [-0.3, -0.25) is 4.79 Å². The molecule has 0 saturated heterocycles. The molecule has 0 aliphatic heterocycles. The van der Waals surface area contributed by atoms with E-state index in [-0.39, 0.29) is 5.78 Å². The molecule has 0 N–H and O–H groups in total. The number of rotatable bonds is 3. The lowest BCUT2D eigenvalue weighted by Gasteiger charge is -2.15. The summed E-state index contributed by atoms with van der Waals surface area (Å²) in [7, 11) is 0. The Morgan fingerprint density at radius 2 is 2.54 bits per heavy atom. The minimum atomic E-state index is -0.963. The van der Waals surface area contributed by atoms with Crippen LogP contribution in [-0.4, -0.2) is 15.4 Å². The van der Waals surface area contributed by atoms with E-state index in [9.17, 15) is 4.79 Å². The Kier molecular flexibility index (Phi) is 2.73. The van der Waals surface area contributed by atoms with Crippen LogP contribution in [0.5, 0.6) is 0 Å². The lowest BCUT2D eigenvalue weighted by molar-refractivity contribution is -0.123. The fourth-order valence-corrected chi connectivity index (χ4v) is 1.32. The molecule has 1 aromatic heterocycles. The minimum Gasteiger partial charge on any atom is -0.298 e. The molecule has 0 aromatic carbocycles. The van der Waals surface area contributed by atoms with Crippen molar-refractivity contribution in [3.05, 3.63) is 11.1 Å². The molecule has 1 aromatic rings. The molecule has 0 bridgehead atoms. The van der Waals surface area contributed by atoms with Gasteiger partial charge in [0.25, 0.3) is 0 Å². The van der Waals surface area contributed by atoms with E-state index in [1.54, 1.807) is 12.3 Å². The fraction of sp³-hybridized carbons (Fsp3) is 0.500. The SMILES string of the molecule is CC(=O)C(C)(C#N)Cc1csnn1. The van der Waals surface area contributed by atoms with Crippen molar-refractivity contribution in [2.24, 2.45) is 5.41 Å². The van der Waals surface area contributed by atoms with Crippen LogP contribution in [0.15, 0.2) is 5.38 Å². The summed E-state index contributed by atoms with van der Waals surface area (Å²) in [4.78, 5) is 11.2. The first kappa shape index (κ1) is 9.81. The summed E-state index contributed by atoms with van der Waals surface area (Å²) in [5.41, 5.74) is -0.264. The van der Waals surface area contributed by atoms with E-state index in [0.717, 1.165) is 0 Å². The summed E-state index contributed by atoms with van der Waals surface area (Å²) in [6.07, 6.45) is 0.343. The van der Waals surface area contributed by atoms with E-state index in [1.807, 2.05) is 6.07 Å². The predicted molar refractivity (Wildman–Crippen MR) is 48.0 cm³/mol. The zero-order valence-corrected chi connectivity index (χ0v) is 8.26. The zero-order valence-electron chi connectivity index (χ0n) is 7.44. The number of carbonyl (C=O) groups is 1. The van der Waals surface area contributed by atoms with Crippen LogP contribution in [0.1, 0.15) is 19.5 Å². The third-order valence-electron chi connectivity index (χ3n) is 1.96. The fourth-order valence-electron chi connectivity index (χ4n) is 0.866. The van der Waals surface area contributed by atoms with Crippen LogP contribution < -0.4 is 0 Å². The van der Waals surface area contributed by atoms with Gasteiger partial charge in [0.2, 0.25) is 0 Å². The van der Waals surface area contributed by atoms with Crippen LogP contribution in [0, 0.1) is 16.7 Å². The van der Waals surface area contributed by atoms with E-state index < -0.39 is 5.41 Å². The molecule has 0 radical (unpaired) electrons. The molecule has 5 heteroatoms. The monoisotopic (exact) mass is 195 g/mol. The number of hydrogen-bond acceptors (Lipinski definition) is 5. The van der Waals surface area contributed by atoms with Crippen LogP contribution in [0.4, 0.5) is 0 Å². The van der Waals surface area contributed by atoms with Crippen molar-refractivity contribution < 1.29 is 4.79 Å². The third-order valence-corrected chi connectivity index (χ3v) is 2.52. The molecule has 1 atom stereocenters. The van der Waals surface area contributed by atoms with Crippen molar-refractivity contribution in [2.45, 2.75) is 20.3 Å². The zero-order chi connectivity index (χ0) is 9.90. The van der Waals surface area contributed by atoms with Gasteiger partial charge in [0, 0.05) is 11.8 Å². The van der Waals surface area contributed by atoms with Crippen LogP contribution in [-0.2, 0) is 11.2 Å². The van der Waals surface area contributed by atoms with Crippen molar-refractivity contribution in [1.29, 1.82) is 5.26 Å². The first-order valence-corrected chi connectivity index (χ1v) is 4.60. The smallest absolute Gasteiger partial charge is 0.150 e. The van der Waals surface area contributed by atoms with Crippen molar-refractivity contribution >= 4 is 17.3 Å². The normalized spacial score (nSPS) is 14.5. The second-order valence-electron chi connectivity index (χ2n) is 3.07. The van der Waals surface area contributed by atoms with E-state index in [4.69, 9.17) is 5.26 Å². The first-order chi connectivity index (χ1) is 6.08. The van der Waals surface area contributed by atoms with Gasteiger partial charge in [-0.05, 0) is 25.4 Å². The Balaban J connectivity index is 2.83. The lowest BCUT2D eigenvalue weighted by Crippen LogP contribution is -2.26. The van der Waals surface area contributed by atoms with Crippen molar-refractivity contribution in [2.75, 3.05) is 0 Å². The van der Waals surface area contributed by atoms with Crippen LogP contribution in [0.3, 0.4) is 0 Å². The summed E-state index contributed by atoms with van der Waals surface area (Å²) in [5.74, 6) is -0.136. The largest absolute Gasteiger partial charge is 0.298 e. The topological polar surface area (TPSA) is 66.6 Å². The highest BCUT2D eigenvalue weighted by atomic mass is 32.1. The quantitative estimate of drug-likeness (QED) is 0.726. The Bertz CT molecular complexity index is 341. The number of carbonyl (C=O) groups excluding carboxylic acids is 1. The van der Waals surface area contributed by atoms with E-state index in [1.165, 1.54) is 18.5 Å². The second kappa shape index (κ2) is 3.62. The molecule has 0 saturated carbocycles. The Morgan fingerprint density at radius 1 is 1.85 bits per heavy atom. The van der Waals surface area contributed by atoms with E-state index in [0.29, 0.717) is 12.1 Å². The van der Waals surface area contributed by atoms with Gasteiger partial charge in [-0.25, -0.2) is 0 Å². The summed E-state index contributed by atoms with van der Waals surface area (Å²) in [6, 6.07) is 2.00. The van der Waals surface area contributed by atoms with Gasteiger partial charge in [-0.2, -0.15) is 5.26 Å². The number of nitriles is 1. The first-order valence-electron chi connectivity index (χ1n) is 3.77. The van der Waals surface area contributed by atoms with Gasteiger partial charge in [0.05, 0.1) is 11.8 Å². The third kappa shape index (κ3) is 2.10. The van der Waals surface area contributed by atoms with Crippen molar-refractivity contribution in [3.63, 3.8) is 0 Å². The molecule has 1 rings (SSSR count). The van der Waals surface area contributed by atoms with Gasteiger partial charge in [-0.15, -0.1) is 5.10 Å². The highest BCUT2D eigenvalue weighted by Crippen LogP contribution is 2.21. The van der Waals surface area contributed by atoms with Gasteiger partial charge in [0.1, 0.15) is 11.2 Å². The van der Waals surface area contributed by atoms with Crippen molar-refractivity contribution in [1.82, 2.24) is 9.59 Å². The molecular formula is C8H9N3OS. The van der Waals surface area contributed by atoms with Gasteiger partial charge in [0.15, 0.2) is 0 Å². The van der Waals surface area contributed by atoms with Crippen LogP contribution in [0.2, 0.25) is 0 Å². The molecule has 1 unspecified atom stereocenters. The Labute approximate surface area is 80.4 Å². The Hall–Kier alpha value is -1.28. The molecule has 0 aliphatic carbocycles. The number of aromatic nitrogens is 2. The van der Waals surface area contributed by atoms with Crippen LogP contribution >= 0.6 is 11.5 Å². The standard InChI is InChI=1S/C8H9N3OS/c1-6(12)8(2,5-9)3-7-4-13-11-10-7/h4H,3H2,1-2H3. The average molecular weight is 195 g/mol. The second-order valence-corrected chi connectivity index (χ2v) is 3.68. The molecule has 0 spiro atoms. The van der Waals surface area contributed by atoms with E-state index >= 15 is 0 Å². The maximum atomic E-state index is 11.2. The minimum absolute atomic E-state index is 0.136. The number of hydrogen-bond donors (Lipinski definition) is 0. The van der Waals surface area contributed by atoms with Crippen LogP contribution in [0.25, 0.3) is 0 Å². The molecule has 68 valence electrons. The number of nitrogens with zero attached hydrogens (tertiary/aromatic N) is 3. The molecule has 0 fully saturated rings. The predicted octanol–water partition coefficient (Wildman–Crippen LogP) is 1.20.